The molecule has 0 bridgehead atoms. The van der Waals surface area contributed by atoms with Crippen molar-refractivity contribution in [3.05, 3.63) is 29.8 Å². The Labute approximate surface area is 103 Å². The van der Waals surface area contributed by atoms with Gasteiger partial charge < -0.3 is 15.7 Å². The summed E-state index contributed by atoms with van der Waals surface area (Å²) in [6, 6.07) is 9.16. The highest BCUT2D eigenvalue weighted by Gasteiger charge is 2.12. The van der Waals surface area contributed by atoms with Gasteiger partial charge in [-0.1, -0.05) is 12.1 Å². The molecule has 1 heterocycles. The zero-order chi connectivity index (χ0) is 11.9. The molecule has 0 amide bonds. The van der Waals surface area contributed by atoms with Crippen LogP contribution < -0.4 is 10.6 Å². The number of aryl methyl sites for hydroxylation is 1. The molecule has 1 saturated heterocycles. The Bertz CT molecular complexity index is 335. The van der Waals surface area contributed by atoms with Crippen LogP contribution in [-0.4, -0.2) is 30.8 Å². The highest BCUT2D eigenvalue weighted by Crippen LogP contribution is 2.16. The maximum absolute atomic E-state index is 8.84. The van der Waals surface area contributed by atoms with E-state index >= 15 is 0 Å². The Hall–Kier alpha value is -1.06. The number of benzene rings is 1. The second-order valence-corrected chi connectivity index (χ2v) is 4.70. The van der Waals surface area contributed by atoms with Crippen molar-refractivity contribution in [2.45, 2.75) is 31.7 Å². The van der Waals surface area contributed by atoms with Gasteiger partial charge in [-0.05, 0) is 56.5 Å². The van der Waals surface area contributed by atoms with Crippen molar-refractivity contribution < 1.29 is 5.11 Å². The zero-order valence-corrected chi connectivity index (χ0v) is 10.3. The lowest BCUT2D eigenvalue weighted by Crippen LogP contribution is -2.35. The maximum Gasteiger partial charge on any atom is 0.0434 e. The predicted molar refractivity (Wildman–Crippen MR) is 71.4 cm³/mol. The standard InChI is InChI=1S/C14H22N2O/c17-10-2-4-12-3-1-5-14(11-12)16-13-6-8-15-9-7-13/h1,3,5,11,13,15-17H,2,4,6-10H2. The van der Waals surface area contributed by atoms with Crippen molar-refractivity contribution in [3.8, 4) is 0 Å². The molecule has 3 nitrogen and oxygen atoms in total. The molecular weight excluding hydrogens is 212 g/mol. The molecule has 1 aliphatic heterocycles. The van der Waals surface area contributed by atoms with Gasteiger partial charge >= 0.3 is 0 Å². The third-order valence-corrected chi connectivity index (χ3v) is 3.26. The van der Waals surface area contributed by atoms with E-state index < -0.39 is 0 Å². The van der Waals surface area contributed by atoms with E-state index in [-0.39, 0.29) is 6.61 Å². The molecule has 0 unspecified atom stereocenters. The molecule has 3 N–H and O–H groups in total. The minimum Gasteiger partial charge on any atom is -0.396 e. The SMILES string of the molecule is OCCCc1cccc(NC2CCNCC2)c1. The van der Waals surface area contributed by atoms with Gasteiger partial charge in [-0.15, -0.1) is 0 Å². The molecule has 1 fully saturated rings. The van der Waals surface area contributed by atoms with Crippen LogP contribution in [0.2, 0.25) is 0 Å². The van der Waals surface area contributed by atoms with Gasteiger partial charge in [0.1, 0.15) is 0 Å². The van der Waals surface area contributed by atoms with Crippen LogP contribution in [-0.2, 0) is 6.42 Å². The predicted octanol–water partition coefficient (Wildman–Crippen LogP) is 1.78. The molecule has 3 heteroatoms. The van der Waals surface area contributed by atoms with Crippen molar-refractivity contribution in [2.75, 3.05) is 25.0 Å². The normalized spacial score (nSPS) is 17.0. The number of anilines is 1. The first-order valence-electron chi connectivity index (χ1n) is 6.55. The van der Waals surface area contributed by atoms with Gasteiger partial charge in [-0.2, -0.15) is 0 Å². The first-order chi connectivity index (χ1) is 8.38. The molecule has 17 heavy (non-hydrogen) atoms. The molecule has 0 spiro atoms. The molecule has 1 aromatic carbocycles. The van der Waals surface area contributed by atoms with Crippen LogP contribution in [0.15, 0.2) is 24.3 Å². The lowest BCUT2D eigenvalue weighted by molar-refractivity contribution is 0.288. The van der Waals surface area contributed by atoms with Crippen LogP contribution in [0, 0.1) is 0 Å². The Morgan fingerprint density at radius 3 is 2.88 bits per heavy atom. The summed E-state index contributed by atoms with van der Waals surface area (Å²) in [7, 11) is 0. The summed E-state index contributed by atoms with van der Waals surface area (Å²) in [6.45, 7) is 2.50. The summed E-state index contributed by atoms with van der Waals surface area (Å²) < 4.78 is 0. The third-order valence-electron chi connectivity index (χ3n) is 3.26. The molecule has 0 aliphatic carbocycles. The summed E-state index contributed by atoms with van der Waals surface area (Å²) in [5.41, 5.74) is 2.52. The Kier molecular flexibility index (Phi) is 4.83. The second kappa shape index (κ2) is 6.62. The number of piperidine rings is 1. The average Bonchev–Trinajstić information content (AvgIpc) is 2.38. The highest BCUT2D eigenvalue weighted by molar-refractivity contribution is 5.46. The van der Waals surface area contributed by atoms with Crippen LogP contribution in [0.5, 0.6) is 0 Å². The largest absolute Gasteiger partial charge is 0.396 e. The van der Waals surface area contributed by atoms with Crippen LogP contribution in [0.3, 0.4) is 0 Å². The van der Waals surface area contributed by atoms with E-state index in [1.165, 1.54) is 24.1 Å². The fourth-order valence-electron chi connectivity index (χ4n) is 2.30. The number of hydrogen-bond donors (Lipinski definition) is 3. The number of rotatable bonds is 5. The van der Waals surface area contributed by atoms with Gasteiger partial charge in [-0.3, -0.25) is 0 Å². The molecule has 0 saturated carbocycles. The summed E-state index contributed by atoms with van der Waals surface area (Å²) in [5, 5.41) is 15.8. The summed E-state index contributed by atoms with van der Waals surface area (Å²) in [5.74, 6) is 0. The van der Waals surface area contributed by atoms with Gasteiger partial charge in [0.15, 0.2) is 0 Å². The minimum absolute atomic E-state index is 0.270. The lowest BCUT2D eigenvalue weighted by Gasteiger charge is -2.24. The van der Waals surface area contributed by atoms with E-state index in [1.807, 2.05) is 0 Å². The Morgan fingerprint density at radius 2 is 2.12 bits per heavy atom. The van der Waals surface area contributed by atoms with Crippen molar-refractivity contribution in [2.24, 2.45) is 0 Å². The first kappa shape index (κ1) is 12.4. The summed E-state index contributed by atoms with van der Waals surface area (Å²) in [4.78, 5) is 0. The van der Waals surface area contributed by atoms with Gasteiger partial charge in [0.25, 0.3) is 0 Å². The number of hydrogen-bond acceptors (Lipinski definition) is 3. The van der Waals surface area contributed by atoms with Gasteiger partial charge in [-0.25, -0.2) is 0 Å². The van der Waals surface area contributed by atoms with Crippen molar-refractivity contribution >= 4 is 5.69 Å². The molecule has 2 rings (SSSR count). The average molecular weight is 234 g/mol. The topological polar surface area (TPSA) is 44.3 Å². The lowest BCUT2D eigenvalue weighted by atomic mass is 10.1. The fourth-order valence-corrected chi connectivity index (χ4v) is 2.30. The molecule has 0 radical (unpaired) electrons. The number of aliphatic hydroxyl groups excluding tert-OH is 1. The van der Waals surface area contributed by atoms with E-state index in [2.05, 4.69) is 34.9 Å². The van der Waals surface area contributed by atoms with Crippen molar-refractivity contribution in [1.29, 1.82) is 0 Å². The third kappa shape index (κ3) is 4.02. The molecule has 1 aliphatic rings. The van der Waals surface area contributed by atoms with Crippen molar-refractivity contribution in [3.63, 3.8) is 0 Å². The Balaban J connectivity index is 1.90. The quantitative estimate of drug-likeness (QED) is 0.727. The van der Waals surface area contributed by atoms with Crippen LogP contribution in [0.25, 0.3) is 0 Å². The number of nitrogens with one attached hydrogen (secondary N) is 2. The van der Waals surface area contributed by atoms with Crippen LogP contribution in [0.1, 0.15) is 24.8 Å². The van der Waals surface area contributed by atoms with E-state index in [1.54, 1.807) is 0 Å². The van der Waals surface area contributed by atoms with E-state index in [0.29, 0.717) is 6.04 Å². The fraction of sp³-hybridized carbons (Fsp3) is 0.571. The monoisotopic (exact) mass is 234 g/mol. The minimum atomic E-state index is 0.270. The number of aliphatic hydroxyl groups is 1. The molecule has 1 aromatic rings. The Morgan fingerprint density at radius 1 is 1.29 bits per heavy atom. The zero-order valence-electron chi connectivity index (χ0n) is 10.3. The van der Waals surface area contributed by atoms with E-state index in [4.69, 9.17) is 5.11 Å². The highest BCUT2D eigenvalue weighted by atomic mass is 16.2. The van der Waals surface area contributed by atoms with Crippen LogP contribution >= 0.6 is 0 Å². The van der Waals surface area contributed by atoms with Gasteiger partial charge in [0.05, 0.1) is 0 Å². The smallest absolute Gasteiger partial charge is 0.0434 e. The molecule has 0 aromatic heterocycles. The molecule has 0 atom stereocenters. The van der Waals surface area contributed by atoms with E-state index in [9.17, 15) is 0 Å². The maximum atomic E-state index is 8.84. The second-order valence-electron chi connectivity index (χ2n) is 4.70. The van der Waals surface area contributed by atoms with Crippen molar-refractivity contribution in [1.82, 2.24) is 5.32 Å². The van der Waals surface area contributed by atoms with Crippen LogP contribution in [0.4, 0.5) is 5.69 Å². The molecule has 94 valence electrons. The molecular formula is C14H22N2O. The first-order valence-corrected chi connectivity index (χ1v) is 6.55. The van der Waals surface area contributed by atoms with E-state index in [0.717, 1.165) is 25.9 Å². The van der Waals surface area contributed by atoms with Gasteiger partial charge in [0, 0.05) is 18.3 Å². The van der Waals surface area contributed by atoms with Gasteiger partial charge in [0.2, 0.25) is 0 Å². The summed E-state index contributed by atoms with van der Waals surface area (Å²) >= 11 is 0. The summed E-state index contributed by atoms with van der Waals surface area (Å²) in [6.07, 6.45) is 4.19.